The van der Waals surface area contributed by atoms with Crippen LogP contribution in [-0.4, -0.2) is 49.5 Å². The number of sulfonamides is 1. The van der Waals surface area contributed by atoms with E-state index in [1.54, 1.807) is 37.3 Å². The van der Waals surface area contributed by atoms with E-state index in [9.17, 15) is 18.0 Å². The molecular weight excluding hydrogens is 569 g/mol. The largest absolute Gasteiger partial charge is 0.350 e. The molecule has 10 heteroatoms. The van der Waals surface area contributed by atoms with E-state index < -0.39 is 34.1 Å². The molecule has 3 rings (SSSR count). The van der Waals surface area contributed by atoms with Crippen LogP contribution in [0.5, 0.6) is 0 Å². The van der Waals surface area contributed by atoms with Crippen LogP contribution in [0.1, 0.15) is 37.5 Å². The van der Waals surface area contributed by atoms with Crippen LogP contribution in [0.25, 0.3) is 0 Å². The van der Waals surface area contributed by atoms with Crippen molar-refractivity contribution >= 4 is 50.7 Å². The van der Waals surface area contributed by atoms with Crippen LogP contribution in [0.4, 0.5) is 5.69 Å². The summed E-state index contributed by atoms with van der Waals surface area (Å²) in [4.78, 5) is 29.2. The molecule has 0 bridgehead atoms. The van der Waals surface area contributed by atoms with Crippen LogP contribution in [0.3, 0.4) is 0 Å². The van der Waals surface area contributed by atoms with Gasteiger partial charge < -0.3 is 10.2 Å². The predicted octanol–water partition coefficient (Wildman–Crippen LogP) is 5.62. The number of rotatable bonds is 10. The van der Waals surface area contributed by atoms with E-state index in [0.29, 0.717) is 15.6 Å². The molecule has 2 amide bonds. The Morgan fingerprint density at radius 3 is 2.15 bits per heavy atom. The zero-order chi connectivity index (χ0) is 29.7. The number of anilines is 1. The quantitative estimate of drug-likeness (QED) is 0.326. The summed E-state index contributed by atoms with van der Waals surface area (Å²) in [5, 5.41) is 3.85. The lowest BCUT2D eigenvalue weighted by Crippen LogP contribution is -2.56. The van der Waals surface area contributed by atoms with Crippen LogP contribution in [0.15, 0.2) is 72.8 Å². The smallest absolute Gasteiger partial charge is 0.244 e. The molecule has 7 nitrogen and oxygen atoms in total. The van der Waals surface area contributed by atoms with E-state index in [1.807, 2.05) is 57.2 Å². The molecule has 3 aromatic rings. The van der Waals surface area contributed by atoms with E-state index >= 15 is 0 Å². The Kier molecular flexibility index (Phi) is 10.3. The predicted molar refractivity (Wildman–Crippen MR) is 162 cm³/mol. The number of halogens is 2. The van der Waals surface area contributed by atoms with Crippen molar-refractivity contribution in [2.75, 3.05) is 17.1 Å². The molecule has 0 aromatic heterocycles. The Morgan fingerprint density at radius 1 is 0.925 bits per heavy atom. The average Bonchev–Trinajstić information content (AvgIpc) is 2.85. The molecule has 0 aliphatic carbocycles. The Balaban J connectivity index is 2.09. The normalized spacial score (nSPS) is 12.5. The summed E-state index contributed by atoms with van der Waals surface area (Å²) in [6, 6.07) is 20.3. The summed E-state index contributed by atoms with van der Waals surface area (Å²) in [5.74, 6) is -0.900. The first-order valence-corrected chi connectivity index (χ1v) is 15.4. The van der Waals surface area contributed by atoms with Gasteiger partial charge in [0.05, 0.1) is 11.9 Å². The fourth-order valence-corrected chi connectivity index (χ4v) is 5.42. The minimum Gasteiger partial charge on any atom is -0.350 e. The topological polar surface area (TPSA) is 86.8 Å². The molecule has 0 spiro atoms. The van der Waals surface area contributed by atoms with Crippen molar-refractivity contribution < 1.29 is 18.0 Å². The van der Waals surface area contributed by atoms with Gasteiger partial charge in [0.15, 0.2) is 0 Å². The number of carbonyl (C=O) groups excluding carboxylic acids is 2. The van der Waals surface area contributed by atoms with Gasteiger partial charge in [-0.1, -0.05) is 71.7 Å². The van der Waals surface area contributed by atoms with Gasteiger partial charge in [0.1, 0.15) is 12.6 Å². The molecule has 0 saturated heterocycles. The van der Waals surface area contributed by atoms with Crippen LogP contribution in [-0.2, 0) is 32.6 Å². The zero-order valence-corrected chi connectivity index (χ0v) is 25.6. The Labute approximate surface area is 247 Å². The third kappa shape index (κ3) is 8.98. The SMILES string of the molecule is Cc1ccc(N(CC(=O)N(Cc2cccc(Cl)c2)[C@@H](Cc2ccccc2)C(=O)NC(C)(C)C)S(C)(=O)=O)cc1Cl. The molecule has 214 valence electrons. The molecule has 0 unspecified atom stereocenters. The van der Waals surface area contributed by atoms with Gasteiger partial charge in [0.2, 0.25) is 21.8 Å². The van der Waals surface area contributed by atoms with Crippen molar-refractivity contribution in [3.63, 3.8) is 0 Å². The number of carbonyl (C=O) groups is 2. The first kappa shape index (κ1) is 31.5. The molecule has 0 saturated carbocycles. The van der Waals surface area contributed by atoms with E-state index in [0.717, 1.165) is 21.7 Å². The van der Waals surface area contributed by atoms with Crippen LogP contribution in [0.2, 0.25) is 10.0 Å². The van der Waals surface area contributed by atoms with Crippen molar-refractivity contribution in [1.29, 1.82) is 0 Å². The van der Waals surface area contributed by atoms with Gasteiger partial charge in [-0.25, -0.2) is 8.42 Å². The molecule has 3 aromatic carbocycles. The molecule has 0 aliphatic rings. The molecule has 40 heavy (non-hydrogen) atoms. The van der Waals surface area contributed by atoms with Crippen LogP contribution >= 0.6 is 23.2 Å². The molecule has 1 N–H and O–H groups in total. The first-order valence-electron chi connectivity index (χ1n) is 12.8. The maximum absolute atomic E-state index is 14.1. The van der Waals surface area contributed by atoms with Crippen LogP contribution in [0, 0.1) is 6.92 Å². The van der Waals surface area contributed by atoms with E-state index in [-0.39, 0.29) is 24.6 Å². The fourth-order valence-electron chi connectivity index (χ4n) is 4.19. The second kappa shape index (κ2) is 13.1. The minimum atomic E-state index is -3.88. The molecular formula is C30H35Cl2N3O4S. The highest BCUT2D eigenvalue weighted by Crippen LogP contribution is 2.26. The van der Waals surface area contributed by atoms with Crippen LogP contribution < -0.4 is 9.62 Å². The van der Waals surface area contributed by atoms with Gasteiger partial charge >= 0.3 is 0 Å². The Bertz CT molecular complexity index is 1460. The van der Waals surface area contributed by atoms with E-state index in [2.05, 4.69) is 5.32 Å². The monoisotopic (exact) mass is 603 g/mol. The number of amides is 2. The molecule has 0 radical (unpaired) electrons. The van der Waals surface area contributed by atoms with Crippen molar-refractivity contribution in [3.05, 3.63) is 99.5 Å². The third-order valence-electron chi connectivity index (χ3n) is 6.13. The lowest BCUT2D eigenvalue weighted by atomic mass is 10.0. The second-order valence-electron chi connectivity index (χ2n) is 10.8. The molecule has 1 atom stereocenters. The maximum Gasteiger partial charge on any atom is 0.244 e. The highest BCUT2D eigenvalue weighted by atomic mass is 35.5. The highest BCUT2D eigenvalue weighted by molar-refractivity contribution is 7.92. The van der Waals surface area contributed by atoms with E-state index in [4.69, 9.17) is 23.2 Å². The third-order valence-corrected chi connectivity index (χ3v) is 7.92. The molecule has 0 fully saturated rings. The average molecular weight is 605 g/mol. The van der Waals surface area contributed by atoms with Gasteiger partial charge in [-0.2, -0.15) is 0 Å². The summed E-state index contributed by atoms with van der Waals surface area (Å²) >= 11 is 12.5. The number of nitrogens with one attached hydrogen (secondary N) is 1. The number of hydrogen-bond acceptors (Lipinski definition) is 4. The molecule has 0 heterocycles. The van der Waals surface area contributed by atoms with Gasteiger partial charge in [-0.05, 0) is 68.7 Å². The van der Waals surface area contributed by atoms with Crippen molar-refractivity contribution in [2.45, 2.75) is 52.2 Å². The number of aryl methyl sites for hydroxylation is 1. The summed E-state index contributed by atoms with van der Waals surface area (Å²) in [6.07, 6.45) is 1.26. The summed E-state index contributed by atoms with van der Waals surface area (Å²) < 4.78 is 26.8. The zero-order valence-electron chi connectivity index (χ0n) is 23.3. The maximum atomic E-state index is 14.1. The summed E-state index contributed by atoms with van der Waals surface area (Å²) in [5.41, 5.74) is 2.02. The van der Waals surface area contributed by atoms with Crippen molar-refractivity contribution in [2.24, 2.45) is 0 Å². The first-order chi connectivity index (χ1) is 18.6. The fraction of sp³-hybridized carbons (Fsp3) is 0.333. The van der Waals surface area contributed by atoms with Crippen molar-refractivity contribution in [1.82, 2.24) is 10.2 Å². The Hall–Kier alpha value is -3.07. The highest BCUT2D eigenvalue weighted by Gasteiger charge is 2.34. The number of benzene rings is 3. The van der Waals surface area contributed by atoms with Gasteiger partial charge in [0, 0.05) is 28.5 Å². The number of hydrogen-bond donors (Lipinski definition) is 1. The van der Waals surface area contributed by atoms with Gasteiger partial charge in [-0.3, -0.25) is 13.9 Å². The standard InChI is InChI=1S/C30H35Cl2N3O4S/c1-21-14-15-25(18-26(21)32)35(40(5,38)39)20-28(36)34(19-23-12-9-13-24(31)16-23)27(29(37)33-30(2,3)4)17-22-10-7-6-8-11-22/h6-16,18,27H,17,19-20H2,1-5H3,(H,33,37)/t27-/m0/s1. The van der Waals surface area contributed by atoms with Gasteiger partial charge in [-0.15, -0.1) is 0 Å². The lowest BCUT2D eigenvalue weighted by molar-refractivity contribution is -0.140. The second-order valence-corrected chi connectivity index (χ2v) is 13.5. The van der Waals surface area contributed by atoms with Gasteiger partial charge in [0.25, 0.3) is 0 Å². The summed E-state index contributed by atoms with van der Waals surface area (Å²) in [6.45, 7) is 6.91. The Morgan fingerprint density at radius 2 is 1.57 bits per heavy atom. The van der Waals surface area contributed by atoms with Crippen molar-refractivity contribution in [3.8, 4) is 0 Å². The minimum absolute atomic E-state index is 0.0424. The molecule has 0 aliphatic heterocycles. The summed E-state index contributed by atoms with van der Waals surface area (Å²) in [7, 11) is -3.88. The number of nitrogens with zero attached hydrogens (tertiary/aromatic N) is 2. The lowest BCUT2D eigenvalue weighted by Gasteiger charge is -2.35. The van der Waals surface area contributed by atoms with E-state index in [1.165, 1.54) is 11.0 Å².